The number of benzene rings is 2. The van der Waals surface area contributed by atoms with E-state index in [9.17, 15) is 0 Å². The summed E-state index contributed by atoms with van der Waals surface area (Å²) >= 11 is 0. The number of nitrogens with zero attached hydrogens (tertiary/aromatic N) is 2. The number of methoxy groups -OCH3 is 1. The van der Waals surface area contributed by atoms with Crippen molar-refractivity contribution in [3.63, 3.8) is 0 Å². The minimum atomic E-state index is 0.821. The van der Waals surface area contributed by atoms with Crippen molar-refractivity contribution in [3.8, 4) is 17.1 Å². The topological polar surface area (TPSA) is 50.8 Å². The van der Waals surface area contributed by atoms with E-state index in [2.05, 4.69) is 33.2 Å². The summed E-state index contributed by atoms with van der Waals surface area (Å²) in [5, 5.41) is 2.23. The van der Waals surface area contributed by atoms with Crippen molar-refractivity contribution in [2.45, 2.75) is 0 Å². The highest BCUT2D eigenvalue weighted by Crippen LogP contribution is 2.31. The van der Waals surface area contributed by atoms with Gasteiger partial charge in [-0.2, -0.15) is 0 Å². The van der Waals surface area contributed by atoms with Crippen molar-refractivity contribution in [1.29, 1.82) is 0 Å². The Bertz CT molecular complexity index is 910. The lowest BCUT2D eigenvalue weighted by atomic mass is 10.1. The van der Waals surface area contributed by atoms with Crippen molar-refractivity contribution in [2.75, 3.05) is 7.11 Å². The highest BCUT2D eigenvalue weighted by molar-refractivity contribution is 5.92. The molecule has 0 saturated heterocycles. The lowest BCUT2D eigenvalue weighted by molar-refractivity contribution is 0.420. The quantitative estimate of drug-likeness (QED) is 0.605. The number of pyridine rings is 1. The highest BCUT2D eigenvalue weighted by atomic mass is 16.5. The van der Waals surface area contributed by atoms with E-state index in [1.54, 1.807) is 19.5 Å². The Balaban J connectivity index is 1.97. The van der Waals surface area contributed by atoms with E-state index in [1.165, 1.54) is 0 Å². The lowest BCUT2D eigenvalue weighted by Gasteiger charge is -2.07. The molecule has 1 N–H and O–H groups in total. The normalized spacial score (nSPS) is 11.1. The van der Waals surface area contributed by atoms with E-state index >= 15 is 0 Å². The number of H-pyrrole nitrogens is 1. The van der Waals surface area contributed by atoms with Gasteiger partial charge >= 0.3 is 0 Å². The van der Waals surface area contributed by atoms with Crippen molar-refractivity contribution in [2.24, 2.45) is 0 Å². The Morgan fingerprint density at radius 2 is 2.00 bits per heavy atom. The van der Waals surface area contributed by atoms with Crippen LogP contribution < -0.4 is 4.74 Å². The van der Waals surface area contributed by atoms with Gasteiger partial charge in [-0.3, -0.25) is 4.98 Å². The molecule has 0 saturated carbocycles. The van der Waals surface area contributed by atoms with Gasteiger partial charge < -0.3 is 9.72 Å². The molecule has 0 amide bonds. The zero-order valence-electron chi connectivity index (χ0n) is 11.5. The van der Waals surface area contributed by atoms with Gasteiger partial charge in [0.05, 0.1) is 18.8 Å². The van der Waals surface area contributed by atoms with E-state index in [-0.39, 0.29) is 0 Å². The maximum atomic E-state index is 5.51. The third-order valence-corrected chi connectivity index (χ3v) is 3.60. The number of ether oxygens (including phenoxy) is 1. The van der Waals surface area contributed by atoms with Crippen LogP contribution in [0.1, 0.15) is 0 Å². The van der Waals surface area contributed by atoms with Crippen LogP contribution in [-0.4, -0.2) is 22.1 Å². The first-order chi connectivity index (χ1) is 10.3. The molecule has 4 heteroatoms. The number of rotatable bonds is 2. The first kappa shape index (κ1) is 11.9. The molecule has 4 rings (SSSR count). The second kappa shape index (κ2) is 4.59. The van der Waals surface area contributed by atoms with E-state index < -0.39 is 0 Å². The minimum Gasteiger partial charge on any atom is -0.496 e. The Kier molecular flexibility index (Phi) is 2.60. The number of hydrogen-bond acceptors (Lipinski definition) is 3. The predicted molar refractivity (Wildman–Crippen MR) is 83.4 cm³/mol. The average Bonchev–Trinajstić information content (AvgIpc) is 2.98. The molecule has 2 aromatic heterocycles. The van der Waals surface area contributed by atoms with Crippen LogP contribution in [0.25, 0.3) is 33.2 Å². The van der Waals surface area contributed by atoms with Gasteiger partial charge in [0.15, 0.2) is 0 Å². The third-order valence-electron chi connectivity index (χ3n) is 3.60. The third kappa shape index (κ3) is 1.92. The van der Waals surface area contributed by atoms with Crippen LogP contribution in [0.15, 0.2) is 54.9 Å². The minimum absolute atomic E-state index is 0.821. The van der Waals surface area contributed by atoms with Crippen LogP contribution in [0.2, 0.25) is 0 Å². The van der Waals surface area contributed by atoms with E-state index in [0.717, 1.165) is 38.9 Å². The van der Waals surface area contributed by atoms with Crippen LogP contribution >= 0.6 is 0 Å². The Morgan fingerprint density at radius 3 is 2.86 bits per heavy atom. The predicted octanol–water partition coefficient (Wildman–Crippen LogP) is 3.79. The summed E-state index contributed by atoms with van der Waals surface area (Å²) in [5.41, 5.74) is 2.84. The maximum Gasteiger partial charge on any atom is 0.138 e. The van der Waals surface area contributed by atoms with Crippen molar-refractivity contribution >= 4 is 21.8 Å². The van der Waals surface area contributed by atoms with Crippen LogP contribution in [0.3, 0.4) is 0 Å². The fraction of sp³-hybridized carbons (Fsp3) is 0.0588. The summed E-state index contributed by atoms with van der Waals surface area (Å²) in [7, 11) is 1.69. The summed E-state index contributed by atoms with van der Waals surface area (Å²) in [6.45, 7) is 0. The van der Waals surface area contributed by atoms with Gasteiger partial charge in [0.2, 0.25) is 0 Å². The molecule has 0 bridgehead atoms. The SMILES string of the molecule is COc1cc(-c2nc3cnccc3[nH]2)cc2ccccc12. The van der Waals surface area contributed by atoms with Crippen molar-refractivity contribution in [3.05, 3.63) is 54.9 Å². The molecule has 2 heterocycles. The molecule has 0 spiro atoms. The van der Waals surface area contributed by atoms with Crippen molar-refractivity contribution < 1.29 is 4.74 Å². The molecule has 0 aliphatic rings. The number of aromatic amines is 1. The second-order valence-electron chi connectivity index (χ2n) is 4.88. The molecule has 4 nitrogen and oxygen atoms in total. The summed E-state index contributed by atoms with van der Waals surface area (Å²) in [6.07, 6.45) is 3.51. The Hall–Kier alpha value is -2.88. The molecule has 2 aromatic carbocycles. The molecule has 0 fully saturated rings. The zero-order chi connectivity index (χ0) is 14.2. The van der Waals surface area contributed by atoms with Gasteiger partial charge in [0.1, 0.15) is 17.1 Å². The first-order valence-corrected chi connectivity index (χ1v) is 6.72. The standard InChI is InChI=1S/C17H13N3O/c1-21-16-9-12(8-11-4-2-3-5-13(11)16)17-19-14-6-7-18-10-15(14)20-17/h2-10H,1H3,(H,19,20). The number of hydrogen-bond donors (Lipinski definition) is 1. The molecule has 4 aromatic rings. The van der Waals surface area contributed by atoms with E-state index in [0.29, 0.717) is 0 Å². The molecule has 0 unspecified atom stereocenters. The van der Waals surface area contributed by atoms with Crippen LogP contribution in [0.5, 0.6) is 5.75 Å². The van der Waals surface area contributed by atoms with Gasteiger partial charge in [-0.1, -0.05) is 24.3 Å². The largest absolute Gasteiger partial charge is 0.496 e. The van der Waals surface area contributed by atoms with Gasteiger partial charge in [0.25, 0.3) is 0 Å². The van der Waals surface area contributed by atoms with Crippen LogP contribution in [0, 0.1) is 0 Å². The first-order valence-electron chi connectivity index (χ1n) is 6.72. The zero-order valence-corrected chi connectivity index (χ0v) is 11.5. The van der Waals surface area contributed by atoms with Crippen molar-refractivity contribution in [1.82, 2.24) is 15.0 Å². The van der Waals surface area contributed by atoms with Gasteiger partial charge in [0, 0.05) is 17.1 Å². The highest BCUT2D eigenvalue weighted by Gasteiger charge is 2.09. The lowest BCUT2D eigenvalue weighted by Crippen LogP contribution is -1.88. The molecule has 0 aliphatic heterocycles. The number of aromatic nitrogens is 3. The average molecular weight is 275 g/mol. The molecule has 0 atom stereocenters. The molecular formula is C17H13N3O. The second-order valence-corrected chi connectivity index (χ2v) is 4.88. The molecule has 0 radical (unpaired) electrons. The molecule has 0 aliphatic carbocycles. The fourth-order valence-electron chi connectivity index (χ4n) is 2.57. The number of fused-ring (bicyclic) bond motifs is 2. The molecule has 21 heavy (non-hydrogen) atoms. The van der Waals surface area contributed by atoms with Gasteiger partial charge in [-0.05, 0) is 23.6 Å². The molecule has 102 valence electrons. The summed E-state index contributed by atoms with van der Waals surface area (Å²) in [5.74, 6) is 1.67. The van der Waals surface area contributed by atoms with Gasteiger partial charge in [-0.15, -0.1) is 0 Å². The van der Waals surface area contributed by atoms with Gasteiger partial charge in [-0.25, -0.2) is 4.98 Å². The summed E-state index contributed by atoms with van der Waals surface area (Å²) in [4.78, 5) is 12.0. The maximum absolute atomic E-state index is 5.51. The van der Waals surface area contributed by atoms with E-state index in [1.807, 2.05) is 24.3 Å². The summed E-state index contributed by atoms with van der Waals surface area (Å²) < 4.78 is 5.51. The number of imidazole rings is 1. The fourth-order valence-corrected chi connectivity index (χ4v) is 2.57. The Morgan fingerprint density at radius 1 is 1.10 bits per heavy atom. The van der Waals surface area contributed by atoms with Crippen LogP contribution in [-0.2, 0) is 0 Å². The van der Waals surface area contributed by atoms with E-state index in [4.69, 9.17) is 4.74 Å². The Labute approximate surface area is 121 Å². The number of nitrogens with one attached hydrogen (secondary N) is 1. The van der Waals surface area contributed by atoms with Crippen LogP contribution in [0.4, 0.5) is 0 Å². The molecular weight excluding hydrogens is 262 g/mol. The smallest absolute Gasteiger partial charge is 0.138 e. The summed E-state index contributed by atoms with van der Waals surface area (Å²) in [6, 6.07) is 14.2. The monoisotopic (exact) mass is 275 g/mol.